The van der Waals surface area contributed by atoms with Crippen LogP contribution in [0.15, 0.2) is 65.9 Å². The Morgan fingerprint density at radius 2 is 1.75 bits per heavy atom. The molecule has 0 fully saturated rings. The fraction of sp³-hybridized carbons (Fsp3) is 0.261. The molecule has 2 aromatic carbocycles. The summed E-state index contributed by atoms with van der Waals surface area (Å²) < 4.78 is 28.9. The average molecular weight is 442 g/mol. The third-order valence-corrected chi connectivity index (χ3v) is 4.60. The standard InChI is InChI=1S/C23H23FN2O6/c1-3-30-22(28)19-18(25-23(29)26-20(19)15-7-5-4-6-8-15)13-31-21(27)14(2)32-17-11-9-16(24)10-12-17/h4-12,14,20H,3,13H2,1-2H3,(H2,25,26,29)/t14-,20+/m0/s1. The molecule has 0 aliphatic carbocycles. The quantitative estimate of drug-likeness (QED) is 0.610. The van der Waals surface area contributed by atoms with Gasteiger partial charge in [0.15, 0.2) is 6.10 Å². The summed E-state index contributed by atoms with van der Waals surface area (Å²) >= 11 is 0. The number of urea groups is 1. The van der Waals surface area contributed by atoms with Gasteiger partial charge < -0.3 is 24.8 Å². The van der Waals surface area contributed by atoms with E-state index in [0.717, 1.165) is 0 Å². The highest BCUT2D eigenvalue weighted by molar-refractivity contribution is 5.95. The molecule has 8 nitrogen and oxygen atoms in total. The van der Waals surface area contributed by atoms with Gasteiger partial charge in [-0.2, -0.15) is 0 Å². The number of halogens is 1. The van der Waals surface area contributed by atoms with Crippen molar-refractivity contribution < 1.29 is 33.0 Å². The molecule has 1 aliphatic heterocycles. The molecule has 2 amide bonds. The summed E-state index contributed by atoms with van der Waals surface area (Å²) in [6.07, 6.45) is -1.01. The van der Waals surface area contributed by atoms with Gasteiger partial charge in [-0.05, 0) is 43.7 Å². The van der Waals surface area contributed by atoms with Gasteiger partial charge in [-0.3, -0.25) is 0 Å². The molecule has 2 aromatic rings. The summed E-state index contributed by atoms with van der Waals surface area (Å²) in [6, 6.07) is 12.8. The fourth-order valence-corrected chi connectivity index (χ4v) is 3.10. The SMILES string of the molecule is CCOC(=O)C1=C(COC(=O)[C@H](C)Oc2ccc(F)cc2)NC(=O)N[C@@H]1c1ccccc1. The average Bonchev–Trinajstić information content (AvgIpc) is 2.79. The second-order valence-corrected chi connectivity index (χ2v) is 6.88. The number of benzene rings is 2. The molecule has 2 atom stereocenters. The summed E-state index contributed by atoms with van der Waals surface area (Å²) in [5.74, 6) is -1.51. The van der Waals surface area contributed by atoms with Crippen molar-refractivity contribution in [1.29, 1.82) is 0 Å². The van der Waals surface area contributed by atoms with E-state index in [0.29, 0.717) is 11.3 Å². The molecule has 9 heteroatoms. The second-order valence-electron chi connectivity index (χ2n) is 6.88. The molecule has 0 unspecified atom stereocenters. The van der Waals surface area contributed by atoms with Crippen LogP contribution in [0.5, 0.6) is 5.75 Å². The molecule has 168 valence electrons. The van der Waals surface area contributed by atoms with Crippen molar-refractivity contribution in [1.82, 2.24) is 10.6 Å². The normalized spacial score (nSPS) is 16.5. The Balaban J connectivity index is 1.78. The van der Waals surface area contributed by atoms with E-state index in [2.05, 4.69) is 10.6 Å². The molecule has 0 saturated heterocycles. The number of hydrogen-bond acceptors (Lipinski definition) is 6. The molecule has 0 bridgehead atoms. The third-order valence-electron chi connectivity index (χ3n) is 4.60. The second kappa shape index (κ2) is 10.4. The van der Waals surface area contributed by atoms with Gasteiger partial charge in [0, 0.05) is 0 Å². The maximum Gasteiger partial charge on any atom is 0.347 e. The zero-order valence-electron chi connectivity index (χ0n) is 17.6. The van der Waals surface area contributed by atoms with Gasteiger partial charge in [-0.25, -0.2) is 18.8 Å². The molecular formula is C23H23FN2O6. The van der Waals surface area contributed by atoms with Gasteiger partial charge >= 0.3 is 18.0 Å². The van der Waals surface area contributed by atoms with E-state index in [-0.39, 0.29) is 24.5 Å². The first-order valence-corrected chi connectivity index (χ1v) is 10.0. The summed E-state index contributed by atoms with van der Waals surface area (Å²) in [4.78, 5) is 37.3. The molecule has 2 N–H and O–H groups in total. The number of rotatable bonds is 8. The van der Waals surface area contributed by atoms with Crippen LogP contribution in [0.1, 0.15) is 25.5 Å². The Hall–Kier alpha value is -3.88. The van der Waals surface area contributed by atoms with Crippen LogP contribution in [-0.4, -0.2) is 37.3 Å². The summed E-state index contributed by atoms with van der Waals surface area (Å²) in [6.45, 7) is 2.90. The highest BCUT2D eigenvalue weighted by atomic mass is 19.1. The van der Waals surface area contributed by atoms with Gasteiger partial charge in [-0.1, -0.05) is 30.3 Å². The molecule has 1 heterocycles. The maximum absolute atomic E-state index is 13.0. The monoisotopic (exact) mass is 442 g/mol. The molecule has 0 radical (unpaired) electrons. The zero-order chi connectivity index (χ0) is 23.1. The first kappa shape index (κ1) is 22.8. The highest BCUT2D eigenvalue weighted by Crippen LogP contribution is 2.28. The third kappa shape index (κ3) is 5.63. The number of amides is 2. The van der Waals surface area contributed by atoms with E-state index >= 15 is 0 Å². The molecule has 0 saturated carbocycles. The van der Waals surface area contributed by atoms with E-state index in [4.69, 9.17) is 14.2 Å². The maximum atomic E-state index is 13.0. The molecular weight excluding hydrogens is 419 g/mol. The number of carbonyl (C=O) groups excluding carboxylic acids is 3. The minimum absolute atomic E-state index is 0.114. The van der Waals surface area contributed by atoms with Crippen molar-refractivity contribution in [2.75, 3.05) is 13.2 Å². The van der Waals surface area contributed by atoms with E-state index in [1.807, 2.05) is 6.07 Å². The summed E-state index contributed by atoms with van der Waals surface area (Å²) in [5, 5.41) is 5.22. The van der Waals surface area contributed by atoms with Crippen LogP contribution >= 0.6 is 0 Å². The number of hydrogen-bond donors (Lipinski definition) is 2. The van der Waals surface area contributed by atoms with Crippen molar-refractivity contribution in [2.45, 2.75) is 26.0 Å². The molecule has 3 rings (SSSR count). The van der Waals surface area contributed by atoms with Crippen LogP contribution < -0.4 is 15.4 Å². The predicted octanol–water partition coefficient (Wildman–Crippen LogP) is 3.01. The lowest BCUT2D eigenvalue weighted by Gasteiger charge is -2.29. The highest BCUT2D eigenvalue weighted by Gasteiger charge is 2.34. The van der Waals surface area contributed by atoms with E-state index in [1.165, 1.54) is 31.2 Å². The van der Waals surface area contributed by atoms with Gasteiger partial charge in [0.2, 0.25) is 0 Å². The molecule has 0 aromatic heterocycles. The minimum atomic E-state index is -1.01. The van der Waals surface area contributed by atoms with Crippen LogP contribution in [0, 0.1) is 5.82 Å². The number of carbonyl (C=O) groups is 3. The fourth-order valence-electron chi connectivity index (χ4n) is 3.10. The Kier molecular flexibility index (Phi) is 7.43. The lowest BCUT2D eigenvalue weighted by atomic mass is 9.95. The Morgan fingerprint density at radius 3 is 2.41 bits per heavy atom. The van der Waals surface area contributed by atoms with Crippen molar-refractivity contribution in [3.05, 3.63) is 77.2 Å². The lowest BCUT2D eigenvalue weighted by Crippen LogP contribution is -2.47. The lowest BCUT2D eigenvalue weighted by molar-refractivity contribution is -0.150. The number of ether oxygens (including phenoxy) is 3. The van der Waals surface area contributed by atoms with Crippen LogP contribution in [0.3, 0.4) is 0 Å². The number of esters is 2. The van der Waals surface area contributed by atoms with Crippen molar-refractivity contribution >= 4 is 18.0 Å². The first-order chi connectivity index (χ1) is 15.4. The van der Waals surface area contributed by atoms with Gasteiger partial charge in [0.05, 0.1) is 23.9 Å². The first-order valence-electron chi connectivity index (χ1n) is 10.0. The van der Waals surface area contributed by atoms with Crippen LogP contribution in [0.25, 0.3) is 0 Å². The largest absolute Gasteiger partial charge is 0.479 e. The van der Waals surface area contributed by atoms with Crippen LogP contribution in [0.4, 0.5) is 9.18 Å². The van der Waals surface area contributed by atoms with Crippen LogP contribution in [-0.2, 0) is 19.1 Å². The minimum Gasteiger partial charge on any atom is -0.479 e. The smallest absolute Gasteiger partial charge is 0.347 e. The van der Waals surface area contributed by atoms with E-state index < -0.39 is 35.9 Å². The van der Waals surface area contributed by atoms with E-state index in [9.17, 15) is 18.8 Å². The van der Waals surface area contributed by atoms with Gasteiger partial charge in [-0.15, -0.1) is 0 Å². The van der Waals surface area contributed by atoms with Gasteiger partial charge in [0.1, 0.15) is 18.2 Å². The molecule has 32 heavy (non-hydrogen) atoms. The predicted molar refractivity (Wildman–Crippen MR) is 112 cm³/mol. The van der Waals surface area contributed by atoms with Crippen LogP contribution in [0.2, 0.25) is 0 Å². The van der Waals surface area contributed by atoms with Crippen molar-refractivity contribution in [2.24, 2.45) is 0 Å². The summed E-state index contributed by atoms with van der Waals surface area (Å²) in [7, 11) is 0. The Labute approximate surface area is 184 Å². The van der Waals surface area contributed by atoms with Crippen molar-refractivity contribution in [3.8, 4) is 5.75 Å². The Morgan fingerprint density at radius 1 is 1.06 bits per heavy atom. The van der Waals surface area contributed by atoms with Crippen molar-refractivity contribution in [3.63, 3.8) is 0 Å². The number of nitrogens with one attached hydrogen (secondary N) is 2. The topological polar surface area (TPSA) is 103 Å². The molecule has 0 spiro atoms. The summed E-state index contributed by atoms with van der Waals surface area (Å²) in [5.41, 5.74) is 0.920. The zero-order valence-corrected chi connectivity index (χ0v) is 17.6. The molecule has 1 aliphatic rings. The van der Waals surface area contributed by atoms with E-state index in [1.54, 1.807) is 31.2 Å². The van der Waals surface area contributed by atoms with Gasteiger partial charge in [0.25, 0.3) is 0 Å². The Bertz CT molecular complexity index is 1010.